The van der Waals surface area contributed by atoms with E-state index in [1.54, 1.807) is 43.3 Å². The van der Waals surface area contributed by atoms with Crippen molar-refractivity contribution in [3.05, 3.63) is 59.7 Å². The van der Waals surface area contributed by atoms with Gasteiger partial charge in [-0.2, -0.15) is 0 Å². The summed E-state index contributed by atoms with van der Waals surface area (Å²) in [6.45, 7) is 7.80. The van der Waals surface area contributed by atoms with Gasteiger partial charge in [-0.3, -0.25) is 9.52 Å². The van der Waals surface area contributed by atoms with Crippen LogP contribution in [0.5, 0.6) is 0 Å². The molecule has 0 heterocycles. The molecule has 6 heteroatoms. The zero-order chi connectivity index (χ0) is 18.6. The first-order valence-corrected chi connectivity index (χ1v) is 9.68. The molecule has 0 aliphatic rings. The smallest absolute Gasteiger partial charge is 0.261 e. The fourth-order valence-corrected chi connectivity index (χ4v) is 3.33. The summed E-state index contributed by atoms with van der Waals surface area (Å²) in [6, 6.07) is 13.2. The van der Waals surface area contributed by atoms with E-state index in [1.165, 1.54) is 12.1 Å². The maximum absolute atomic E-state index is 12.4. The lowest BCUT2D eigenvalue weighted by Crippen LogP contribution is -2.36. The second-order valence-electron chi connectivity index (χ2n) is 6.45. The molecule has 25 heavy (non-hydrogen) atoms. The second-order valence-corrected chi connectivity index (χ2v) is 8.14. The van der Waals surface area contributed by atoms with E-state index in [4.69, 9.17) is 0 Å². The van der Waals surface area contributed by atoms with Gasteiger partial charge < -0.3 is 5.32 Å². The van der Waals surface area contributed by atoms with Crippen LogP contribution in [0.1, 0.15) is 36.7 Å². The van der Waals surface area contributed by atoms with Crippen LogP contribution in [-0.2, 0) is 10.0 Å². The van der Waals surface area contributed by atoms with Gasteiger partial charge in [-0.15, -0.1) is 0 Å². The number of sulfonamides is 1. The maximum Gasteiger partial charge on any atom is 0.261 e. The first-order chi connectivity index (χ1) is 11.7. The predicted octanol–water partition coefficient (Wildman–Crippen LogP) is 3.57. The molecule has 1 unspecified atom stereocenters. The van der Waals surface area contributed by atoms with Gasteiger partial charge in [0, 0.05) is 11.6 Å². The van der Waals surface area contributed by atoms with Gasteiger partial charge in [0.25, 0.3) is 15.9 Å². The molecule has 0 saturated heterocycles. The van der Waals surface area contributed by atoms with E-state index in [1.807, 2.05) is 20.8 Å². The Morgan fingerprint density at radius 3 is 2.20 bits per heavy atom. The summed E-state index contributed by atoms with van der Waals surface area (Å²) in [7, 11) is -3.65. The summed E-state index contributed by atoms with van der Waals surface area (Å²) >= 11 is 0. The molecule has 5 nitrogen and oxygen atoms in total. The molecule has 2 aromatic carbocycles. The van der Waals surface area contributed by atoms with E-state index < -0.39 is 10.0 Å². The fourth-order valence-electron chi connectivity index (χ4n) is 2.18. The van der Waals surface area contributed by atoms with Crippen molar-refractivity contribution in [2.75, 3.05) is 4.72 Å². The minimum Gasteiger partial charge on any atom is -0.349 e. The summed E-state index contributed by atoms with van der Waals surface area (Å²) in [5.41, 5.74) is 1.65. The SMILES string of the molecule is Cc1cc(C(=O)NC(C)C(C)C)ccc1NS(=O)(=O)c1ccccc1. The Balaban J connectivity index is 2.19. The van der Waals surface area contributed by atoms with Crippen molar-refractivity contribution in [1.29, 1.82) is 0 Å². The van der Waals surface area contributed by atoms with Crippen LogP contribution in [0.25, 0.3) is 0 Å². The number of aryl methyl sites for hydroxylation is 1. The molecular weight excluding hydrogens is 336 g/mol. The normalized spacial score (nSPS) is 12.7. The first-order valence-electron chi connectivity index (χ1n) is 8.20. The van der Waals surface area contributed by atoms with E-state index in [9.17, 15) is 13.2 Å². The van der Waals surface area contributed by atoms with E-state index in [2.05, 4.69) is 10.0 Å². The number of hydrogen-bond donors (Lipinski definition) is 2. The van der Waals surface area contributed by atoms with E-state index >= 15 is 0 Å². The maximum atomic E-state index is 12.4. The van der Waals surface area contributed by atoms with Crippen LogP contribution < -0.4 is 10.0 Å². The quantitative estimate of drug-likeness (QED) is 0.827. The lowest BCUT2D eigenvalue weighted by atomic mass is 10.0. The monoisotopic (exact) mass is 360 g/mol. The molecule has 1 atom stereocenters. The van der Waals surface area contributed by atoms with E-state index in [0.29, 0.717) is 22.7 Å². The number of rotatable bonds is 6. The van der Waals surface area contributed by atoms with Gasteiger partial charge in [0.2, 0.25) is 0 Å². The van der Waals surface area contributed by atoms with Gasteiger partial charge in [0.1, 0.15) is 0 Å². The highest BCUT2D eigenvalue weighted by Crippen LogP contribution is 2.21. The van der Waals surface area contributed by atoms with Gasteiger partial charge in [-0.25, -0.2) is 8.42 Å². The van der Waals surface area contributed by atoms with Crippen molar-refractivity contribution < 1.29 is 13.2 Å². The van der Waals surface area contributed by atoms with Crippen molar-refractivity contribution in [2.45, 2.75) is 38.6 Å². The number of nitrogens with one attached hydrogen (secondary N) is 2. The minimum absolute atomic E-state index is 0.0593. The molecule has 2 rings (SSSR count). The molecule has 0 fully saturated rings. The average molecular weight is 360 g/mol. The third kappa shape index (κ3) is 4.82. The van der Waals surface area contributed by atoms with Crippen molar-refractivity contribution in [1.82, 2.24) is 5.32 Å². The summed E-state index contributed by atoms with van der Waals surface area (Å²) in [5.74, 6) is 0.170. The van der Waals surface area contributed by atoms with E-state index in [0.717, 1.165) is 0 Å². The van der Waals surface area contributed by atoms with Crippen molar-refractivity contribution in [2.24, 2.45) is 5.92 Å². The Labute approximate surface area is 149 Å². The molecule has 134 valence electrons. The summed E-state index contributed by atoms with van der Waals surface area (Å²) < 4.78 is 27.4. The topological polar surface area (TPSA) is 75.3 Å². The zero-order valence-corrected chi connectivity index (χ0v) is 15.7. The average Bonchev–Trinajstić information content (AvgIpc) is 2.57. The molecule has 0 aromatic heterocycles. The number of anilines is 1. The highest BCUT2D eigenvalue weighted by atomic mass is 32.2. The highest BCUT2D eigenvalue weighted by Gasteiger charge is 2.17. The Hall–Kier alpha value is -2.34. The van der Waals surface area contributed by atoms with Gasteiger partial charge in [-0.05, 0) is 55.7 Å². The highest BCUT2D eigenvalue weighted by molar-refractivity contribution is 7.92. The van der Waals surface area contributed by atoms with Gasteiger partial charge in [0.15, 0.2) is 0 Å². The van der Waals surface area contributed by atoms with Gasteiger partial charge >= 0.3 is 0 Å². The number of amides is 1. The third-order valence-electron chi connectivity index (χ3n) is 4.15. The van der Waals surface area contributed by atoms with Gasteiger partial charge in [-0.1, -0.05) is 32.0 Å². The third-order valence-corrected chi connectivity index (χ3v) is 5.53. The largest absolute Gasteiger partial charge is 0.349 e. The van der Waals surface area contributed by atoms with Crippen LogP contribution in [0.2, 0.25) is 0 Å². The first kappa shape index (κ1) is 19.0. The molecule has 0 bridgehead atoms. The van der Waals surface area contributed by atoms with Crippen LogP contribution in [0.3, 0.4) is 0 Å². The van der Waals surface area contributed by atoms with Crippen LogP contribution in [0.15, 0.2) is 53.4 Å². The molecule has 0 aliphatic carbocycles. The molecule has 0 spiro atoms. The second kappa shape index (κ2) is 7.70. The fraction of sp³-hybridized carbons (Fsp3) is 0.316. The van der Waals surface area contributed by atoms with Crippen LogP contribution in [0.4, 0.5) is 5.69 Å². The molecule has 2 N–H and O–H groups in total. The van der Waals surface area contributed by atoms with E-state index in [-0.39, 0.29) is 16.8 Å². The zero-order valence-electron chi connectivity index (χ0n) is 14.9. The molecule has 0 radical (unpaired) electrons. The predicted molar refractivity (Wildman–Crippen MR) is 100 cm³/mol. The standard InChI is InChI=1S/C19H24N2O3S/c1-13(2)15(4)20-19(22)16-10-11-18(14(3)12-16)21-25(23,24)17-8-6-5-7-9-17/h5-13,15,21H,1-4H3,(H,20,22). The number of hydrogen-bond acceptors (Lipinski definition) is 3. The summed E-state index contributed by atoms with van der Waals surface area (Å²) in [6.07, 6.45) is 0. The summed E-state index contributed by atoms with van der Waals surface area (Å²) in [4.78, 5) is 12.5. The number of benzene rings is 2. The van der Waals surface area contributed by atoms with Crippen molar-refractivity contribution in [3.8, 4) is 0 Å². The van der Waals surface area contributed by atoms with Gasteiger partial charge in [0.05, 0.1) is 10.6 Å². The summed E-state index contributed by atoms with van der Waals surface area (Å²) in [5, 5.41) is 2.94. The van der Waals surface area contributed by atoms with Crippen LogP contribution >= 0.6 is 0 Å². The molecule has 0 saturated carbocycles. The Bertz CT molecular complexity index is 846. The van der Waals surface area contributed by atoms with Crippen molar-refractivity contribution >= 4 is 21.6 Å². The molecule has 2 aromatic rings. The number of carbonyl (C=O) groups is 1. The lowest BCUT2D eigenvalue weighted by Gasteiger charge is -2.18. The van der Waals surface area contributed by atoms with Crippen LogP contribution in [-0.4, -0.2) is 20.4 Å². The Morgan fingerprint density at radius 2 is 1.64 bits per heavy atom. The number of carbonyl (C=O) groups excluding carboxylic acids is 1. The Kier molecular flexibility index (Phi) is 5.85. The van der Waals surface area contributed by atoms with Crippen molar-refractivity contribution in [3.63, 3.8) is 0 Å². The molecule has 0 aliphatic heterocycles. The minimum atomic E-state index is -3.65. The van der Waals surface area contributed by atoms with Crippen LogP contribution in [0, 0.1) is 12.8 Å². The Morgan fingerprint density at radius 1 is 1.00 bits per heavy atom. The lowest BCUT2D eigenvalue weighted by molar-refractivity contribution is 0.0930. The molecular formula is C19H24N2O3S. The molecule has 1 amide bonds.